The average Bonchev–Trinajstić information content (AvgIpc) is 3.09. The van der Waals surface area contributed by atoms with Gasteiger partial charge in [0.2, 0.25) is 0 Å². The zero-order chi connectivity index (χ0) is 12.3. The molecule has 1 aliphatic carbocycles. The van der Waals surface area contributed by atoms with Gasteiger partial charge in [-0.3, -0.25) is 0 Å². The van der Waals surface area contributed by atoms with Crippen LogP contribution >= 0.6 is 0 Å². The van der Waals surface area contributed by atoms with Gasteiger partial charge in [0.15, 0.2) is 6.79 Å². The molecule has 2 rings (SSSR count). The molecular formula is C14H20O3. The quantitative estimate of drug-likeness (QED) is 0.609. The molecule has 3 nitrogen and oxygen atoms in total. The standard InChI is InChI=1S/C14H20O3/c1-10-3-6-14(13(7-10)11(2)15)17-9-16-8-12-4-5-12/h3,6-7,11-12,15H,4-5,8-9H2,1-2H3/t11-/m0/s1. The molecule has 0 bridgehead atoms. The van der Waals surface area contributed by atoms with E-state index in [0.29, 0.717) is 5.75 Å². The highest BCUT2D eigenvalue weighted by molar-refractivity contribution is 5.38. The van der Waals surface area contributed by atoms with Crippen molar-refractivity contribution >= 4 is 0 Å². The molecule has 0 amide bonds. The first-order valence-corrected chi connectivity index (χ1v) is 6.16. The highest BCUT2D eigenvalue weighted by Crippen LogP contribution is 2.29. The number of benzene rings is 1. The molecule has 3 heteroatoms. The summed E-state index contributed by atoms with van der Waals surface area (Å²) >= 11 is 0. The summed E-state index contributed by atoms with van der Waals surface area (Å²) in [5.41, 5.74) is 1.94. The lowest BCUT2D eigenvalue weighted by atomic mass is 10.1. The molecule has 1 saturated carbocycles. The van der Waals surface area contributed by atoms with Gasteiger partial charge >= 0.3 is 0 Å². The first-order valence-electron chi connectivity index (χ1n) is 6.16. The van der Waals surface area contributed by atoms with Gasteiger partial charge in [0.1, 0.15) is 5.75 Å². The van der Waals surface area contributed by atoms with Gasteiger partial charge in [0.25, 0.3) is 0 Å². The van der Waals surface area contributed by atoms with Crippen LogP contribution in [-0.2, 0) is 4.74 Å². The summed E-state index contributed by atoms with van der Waals surface area (Å²) in [6, 6.07) is 5.81. The molecule has 17 heavy (non-hydrogen) atoms. The van der Waals surface area contributed by atoms with E-state index in [4.69, 9.17) is 9.47 Å². The fourth-order valence-corrected chi connectivity index (χ4v) is 1.73. The van der Waals surface area contributed by atoms with Crippen molar-refractivity contribution in [3.8, 4) is 5.75 Å². The van der Waals surface area contributed by atoms with Gasteiger partial charge in [-0.1, -0.05) is 11.6 Å². The number of hydrogen-bond donors (Lipinski definition) is 1. The third-order valence-electron chi connectivity index (χ3n) is 2.96. The Bertz CT molecular complexity index is 370. The Morgan fingerprint density at radius 1 is 1.41 bits per heavy atom. The van der Waals surface area contributed by atoms with Gasteiger partial charge in [-0.2, -0.15) is 0 Å². The van der Waals surface area contributed by atoms with Crippen LogP contribution in [0.2, 0.25) is 0 Å². The number of aryl methyl sites for hydroxylation is 1. The minimum absolute atomic E-state index is 0.263. The fourth-order valence-electron chi connectivity index (χ4n) is 1.73. The molecule has 94 valence electrons. The normalized spacial score (nSPS) is 16.9. The molecule has 1 fully saturated rings. The van der Waals surface area contributed by atoms with Crippen LogP contribution in [0.15, 0.2) is 18.2 Å². The Kier molecular flexibility index (Phi) is 4.02. The third kappa shape index (κ3) is 3.72. The zero-order valence-electron chi connectivity index (χ0n) is 10.5. The summed E-state index contributed by atoms with van der Waals surface area (Å²) in [5, 5.41) is 9.66. The summed E-state index contributed by atoms with van der Waals surface area (Å²) in [6.07, 6.45) is 2.04. The van der Waals surface area contributed by atoms with Crippen LogP contribution in [-0.4, -0.2) is 18.5 Å². The van der Waals surface area contributed by atoms with E-state index in [1.807, 2.05) is 25.1 Å². The molecular weight excluding hydrogens is 216 g/mol. The maximum absolute atomic E-state index is 9.66. The molecule has 1 N–H and O–H groups in total. The van der Waals surface area contributed by atoms with E-state index >= 15 is 0 Å². The van der Waals surface area contributed by atoms with E-state index in [1.54, 1.807) is 6.92 Å². The van der Waals surface area contributed by atoms with Crippen molar-refractivity contribution in [2.75, 3.05) is 13.4 Å². The Labute approximate surface area is 102 Å². The van der Waals surface area contributed by atoms with Crippen molar-refractivity contribution in [3.63, 3.8) is 0 Å². The summed E-state index contributed by atoms with van der Waals surface area (Å²) < 4.78 is 11.0. The maximum Gasteiger partial charge on any atom is 0.189 e. The van der Waals surface area contributed by atoms with Crippen molar-refractivity contribution < 1.29 is 14.6 Å². The second kappa shape index (κ2) is 5.52. The number of rotatable bonds is 6. The highest BCUT2D eigenvalue weighted by atomic mass is 16.7. The number of ether oxygens (including phenoxy) is 2. The maximum atomic E-state index is 9.66. The lowest BCUT2D eigenvalue weighted by Gasteiger charge is -2.14. The third-order valence-corrected chi connectivity index (χ3v) is 2.96. The SMILES string of the molecule is Cc1ccc(OCOCC2CC2)c([C@H](C)O)c1. The number of aliphatic hydroxyl groups is 1. The Hall–Kier alpha value is -1.06. The number of aliphatic hydroxyl groups excluding tert-OH is 1. The van der Waals surface area contributed by atoms with Gasteiger partial charge in [-0.15, -0.1) is 0 Å². The molecule has 0 saturated heterocycles. The average molecular weight is 236 g/mol. The smallest absolute Gasteiger partial charge is 0.189 e. The van der Waals surface area contributed by atoms with E-state index in [2.05, 4.69) is 0 Å². The predicted octanol–water partition coefficient (Wildman–Crippen LogP) is 2.81. The molecule has 0 aromatic heterocycles. The van der Waals surface area contributed by atoms with Crippen LogP contribution in [0.4, 0.5) is 0 Å². The van der Waals surface area contributed by atoms with E-state index in [-0.39, 0.29) is 6.79 Å². The van der Waals surface area contributed by atoms with Crippen LogP contribution in [0.25, 0.3) is 0 Å². The van der Waals surface area contributed by atoms with Gasteiger partial charge in [-0.25, -0.2) is 0 Å². The summed E-state index contributed by atoms with van der Waals surface area (Å²) in [6.45, 7) is 4.79. The molecule has 1 aromatic carbocycles. The molecule has 0 unspecified atom stereocenters. The molecule has 0 radical (unpaired) electrons. The summed E-state index contributed by atoms with van der Waals surface area (Å²) in [7, 11) is 0. The monoisotopic (exact) mass is 236 g/mol. The van der Waals surface area contributed by atoms with Gasteiger partial charge in [0, 0.05) is 5.56 Å². The second-order valence-corrected chi connectivity index (χ2v) is 4.79. The second-order valence-electron chi connectivity index (χ2n) is 4.79. The molecule has 1 atom stereocenters. The Morgan fingerprint density at radius 3 is 2.82 bits per heavy atom. The summed E-state index contributed by atoms with van der Waals surface area (Å²) in [4.78, 5) is 0. The van der Waals surface area contributed by atoms with E-state index in [0.717, 1.165) is 23.7 Å². The van der Waals surface area contributed by atoms with Gasteiger partial charge in [0.05, 0.1) is 12.7 Å². The van der Waals surface area contributed by atoms with Crippen LogP contribution in [0.5, 0.6) is 5.75 Å². The van der Waals surface area contributed by atoms with Gasteiger partial charge in [-0.05, 0) is 44.7 Å². The topological polar surface area (TPSA) is 38.7 Å². The molecule has 0 heterocycles. The largest absolute Gasteiger partial charge is 0.467 e. The van der Waals surface area contributed by atoms with Crippen LogP contribution in [0, 0.1) is 12.8 Å². The van der Waals surface area contributed by atoms with E-state index < -0.39 is 6.10 Å². The Morgan fingerprint density at radius 2 is 2.18 bits per heavy atom. The first-order chi connectivity index (χ1) is 8.16. The minimum Gasteiger partial charge on any atom is -0.467 e. The molecule has 1 aromatic rings. The lowest BCUT2D eigenvalue weighted by molar-refractivity contribution is 0.00830. The zero-order valence-corrected chi connectivity index (χ0v) is 10.5. The van der Waals surface area contributed by atoms with Crippen molar-refractivity contribution in [2.24, 2.45) is 5.92 Å². The van der Waals surface area contributed by atoms with Crippen LogP contribution in [0.1, 0.15) is 37.0 Å². The predicted molar refractivity (Wildman–Crippen MR) is 66.0 cm³/mol. The van der Waals surface area contributed by atoms with Crippen molar-refractivity contribution in [1.82, 2.24) is 0 Å². The molecule has 0 spiro atoms. The van der Waals surface area contributed by atoms with Crippen molar-refractivity contribution in [1.29, 1.82) is 0 Å². The van der Waals surface area contributed by atoms with Gasteiger partial charge < -0.3 is 14.6 Å². The number of hydrogen-bond acceptors (Lipinski definition) is 3. The first kappa shape index (κ1) is 12.4. The van der Waals surface area contributed by atoms with Crippen molar-refractivity contribution in [3.05, 3.63) is 29.3 Å². The van der Waals surface area contributed by atoms with Crippen LogP contribution < -0.4 is 4.74 Å². The Balaban J connectivity index is 1.89. The minimum atomic E-state index is -0.520. The van der Waals surface area contributed by atoms with E-state index in [1.165, 1.54) is 12.8 Å². The molecule has 1 aliphatic rings. The van der Waals surface area contributed by atoms with E-state index in [9.17, 15) is 5.11 Å². The molecule has 0 aliphatic heterocycles. The summed E-state index contributed by atoms with van der Waals surface area (Å²) in [5.74, 6) is 1.45. The van der Waals surface area contributed by atoms with Crippen LogP contribution in [0.3, 0.4) is 0 Å². The fraction of sp³-hybridized carbons (Fsp3) is 0.571. The lowest BCUT2D eigenvalue weighted by Crippen LogP contribution is -2.07. The highest BCUT2D eigenvalue weighted by Gasteiger charge is 2.21. The van der Waals surface area contributed by atoms with Crippen molar-refractivity contribution in [2.45, 2.75) is 32.8 Å².